The molecule has 1 atom stereocenters. The summed E-state index contributed by atoms with van der Waals surface area (Å²) in [6, 6.07) is 6.11. The summed E-state index contributed by atoms with van der Waals surface area (Å²) < 4.78 is 0. The fraction of sp³-hybridized carbons (Fsp3) is 0.684. The second kappa shape index (κ2) is 9.15. The van der Waals surface area contributed by atoms with Crippen molar-refractivity contribution in [2.24, 2.45) is 5.92 Å². The Morgan fingerprint density at radius 1 is 1.20 bits per heavy atom. The van der Waals surface area contributed by atoms with Crippen LogP contribution in [0.1, 0.15) is 25.5 Å². The predicted molar refractivity (Wildman–Crippen MR) is 99.3 cm³/mol. The van der Waals surface area contributed by atoms with E-state index in [-0.39, 0.29) is 6.03 Å². The standard InChI is InChI=1S/C19H31N5O/c1-17-5-4-9-22(15-17)10-8-21-19(25)24-13-11-23(12-14-24)16-18-6-2-3-7-20-18/h2-3,6-7,17H,4-5,8-16H2,1H3,(H,21,25)/t17-/m1/s1. The van der Waals surface area contributed by atoms with E-state index in [0.717, 1.165) is 57.4 Å². The van der Waals surface area contributed by atoms with Gasteiger partial charge in [-0.2, -0.15) is 0 Å². The minimum atomic E-state index is 0.0857. The number of urea groups is 1. The topological polar surface area (TPSA) is 51.7 Å². The molecule has 3 rings (SSSR count). The third kappa shape index (κ3) is 5.68. The smallest absolute Gasteiger partial charge is 0.317 e. The molecule has 0 radical (unpaired) electrons. The van der Waals surface area contributed by atoms with Gasteiger partial charge in [0.15, 0.2) is 0 Å². The fourth-order valence-electron chi connectivity index (χ4n) is 3.75. The molecule has 2 saturated heterocycles. The summed E-state index contributed by atoms with van der Waals surface area (Å²) >= 11 is 0. The van der Waals surface area contributed by atoms with Gasteiger partial charge in [-0.15, -0.1) is 0 Å². The lowest BCUT2D eigenvalue weighted by Gasteiger charge is -2.35. The Balaban J connectivity index is 1.32. The lowest BCUT2D eigenvalue weighted by atomic mass is 10.0. The molecule has 1 aromatic rings. The number of carbonyl (C=O) groups is 1. The van der Waals surface area contributed by atoms with Gasteiger partial charge in [-0.1, -0.05) is 13.0 Å². The Labute approximate surface area is 151 Å². The molecule has 0 saturated carbocycles. The molecular weight excluding hydrogens is 314 g/mol. The van der Waals surface area contributed by atoms with Crippen molar-refractivity contribution >= 4 is 6.03 Å². The molecule has 1 N–H and O–H groups in total. The van der Waals surface area contributed by atoms with Crippen LogP contribution in [0.4, 0.5) is 4.79 Å². The first kappa shape index (κ1) is 18.1. The van der Waals surface area contributed by atoms with Crippen molar-refractivity contribution in [3.05, 3.63) is 30.1 Å². The van der Waals surface area contributed by atoms with Gasteiger partial charge < -0.3 is 15.1 Å². The zero-order chi connectivity index (χ0) is 17.5. The highest BCUT2D eigenvalue weighted by atomic mass is 16.2. The Bertz CT molecular complexity index is 530. The number of aromatic nitrogens is 1. The number of carbonyl (C=O) groups excluding carboxylic acids is 1. The quantitative estimate of drug-likeness (QED) is 0.881. The summed E-state index contributed by atoms with van der Waals surface area (Å²) in [5.41, 5.74) is 1.09. The average molecular weight is 345 g/mol. The Kier molecular flexibility index (Phi) is 6.64. The van der Waals surface area contributed by atoms with Gasteiger partial charge in [0.25, 0.3) is 0 Å². The first-order valence-electron chi connectivity index (χ1n) is 9.58. The fourth-order valence-corrected chi connectivity index (χ4v) is 3.75. The van der Waals surface area contributed by atoms with Crippen LogP contribution >= 0.6 is 0 Å². The van der Waals surface area contributed by atoms with Crippen LogP contribution in [0.3, 0.4) is 0 Å². The monoisotopic (exact) mass is 345 g/mol. The zero-order valence-electron chi connectivity index (χ0n) is 15.4. The van der Waals surface area contributed by atoms with E-state index in [0.29, 0.717) is 0 Å². The van der Waals surface area contributed by atoms with E-state index in [4.69, 9.17) is 0 Å². The largest absolute Gasteiger partial charge is 0.337 e. The van der Waals surface area contributed by atoms with Crippen LogP contribution in [0.15, 0.2) is 24.4 Å². The lowest BCUT2D eigenvalue weighted by molar-refractivity contribution is 0.132. The molecule has 6 nitrogen and oxygen atoms in total. The van der Waals surface area contributed by atoms with E-state index >= 15 is 0 Å². The highest BCUT2D eigenvalue weighted by Gasteiger charge is 2.21. The number of nitrogens with one attached hydrogen (secondary N) is 1. The van der Waals surface area contributed by atoms with Crippen LogP contribution in [-0.2, 0) is 6.54 Å². The molecule has 2 aliphatic heterocycles. The number of pyridine rings is 1. The molecule has 25 heavy (non-hydrogen) atoms. The maximum absolute atomic E-state index is 12.3. The van der Waals surface area contributed by atoms with Crippen molar-refractivity contribution in [2.45, 2.75) is 26.3 Å². The Morgan fingerprint density at radius 3 is 2.76 bits per heavy atom. The molecule has 1 aromatic heterocycles. The van der Waals surface area contributed by atoms with Crippen molar-refractivity contribution in [2.75, 3.05) is 52.4 Å². The first-order chi connectivity index (χ1) is 12.2. The number of piperazine rings is 1. The summed E-state index contributed by atoms with van der Waals surface area (Å²) in [6.07, 6.45) is 4.46. The van der Waals surface area contributed by atoms with Gasteiger partial charge in [0.1, 0.15) is 0 Å². The highest BCUT2D eigenvalue weighted by Crippen LogP contribution is 2.14. The number of nitrogens with zero attached hydrogens (tertiary/aromatic N) is 4. The zero-order valence-corrected chi connectivity index (χ0v) is 15.4. The summed E-state index contributed by atoms with van der Waals surface area (Å²) in [4.78, 5) is 23.5. The van der Waals surface area contributed by atoms with Crippen molar-refractivity contribution in [1.82, 2.24) is 25.0 Å². The number of piperidine rings is 1. The second-order valence-electron chi connectivity index (χ2n) is 7.36. The van der Waals surface area contributed by atoms with E-state index in [1.165, 1.54) is 25.9 Å². The molecule has 2 amide bonds. The van der Waals surface area contributed by atoms with Gasteiger partial charge in [0, 0.05) is 58.6 Å². The second-order valence-corrected chi connectivity index (χ2v) is 7.36. The van der Waals surface area contributed by atoms with Crippen LogP contribution in [-0.4, -0.2) is 78.1 Å². The molecule has 0 aromatic carbocycles. The van der Waals surface area contributed by atoms with Gasteiger partial charge in [0.2, 0.25) is 0 Å². The van der Waals surface area contributed by atoms with Gasteiger partial charge >= 0.3 is 6.03 Å². The number of likely N-dealkylation sites (tertiary alicyclic amines) is 1. The molecule has 0 bridgehead atoms. The van der Waals surface area contributed by atoms with E-state index in [1.54, 1.807) is 0 Å². The highest BCUT2D eigenvalue weighted by molar-refractivity contribution is 5.74. The Hall–Kier alpha value is -1.66. The molecule has 3 heterocycles. The predicted octanol–water partition coefficient (Wildman–Crippen LogP) is 1.64. The summed E-state index contributed by atoms with van der Waals surface area (Å²) in [6.45, 7) is 10.6. The normalized spacial score (nSPS) is 22.8. The van der Waals surface area contributed by atoms with Crippen molar-refractivity contribution in [3.8, 4) is 0 Å². The average Bonchev–Trinajstić information content (AvgIpc) is 2.63. The number of rotatable bonds is 5. The van der Waals surface area contributed by atoms with Gasteiger partial charge in [0.05, 0.1) is 5.69 Å². The molecule has 0 spiro atoms. The van der Waals surface area contributed by atoms with Crippen LogP contribution in [0.2, 0.25) is 0 Å². The van der Waals surface area contributed by atoms with Gasteiger partial charge in [-0.3, -0.25) is 9.88 Å². The maximum Gasteiger partial charge on any atom is 0.317 e. The summed E-state index contributed by atoms with van der Waals surface area (Å²) in [5.74, 6) is 0.789. The third-order valence-corrected chi connectivity index (χ3v) is 5.22. The first-order valence-corrected chi connectivity index (χ1v) is 9.58. The van der Waals surface area contributed by atoms with Crippen LogP contribution in [0, 0.1) is 5.92 Å². The van der Waals surface area contributed by atoms with E-state index in [9.17, 15) is 4.79 Å². The number of amides is 2. The van der Waals surface area contributed by atoms with Gasteiger partial charge in [-0.05, 0) is 37.4 Å². The molecule has 2 fully saturated rings. The van der Waals surface area contributed by atoms with Crippen molar-refractivity contribution < 1.29 is 4.79 Å². The number of hydrogen-bond donors (Lipinski definition) is 1. The molecule has 138 valence electrons. The lowest BCUT2D eigenvalue weighted by Crippen LogP contribution is -2.52. The van der Waals surface area contributed by atoms with Gasteiger partial charge in [-0.25, -0.2) is 4.79 Å². The van der Waals surface area contributed by atoms with E-state index in [1.807, 2.05) is 23.2 Å². The van der Waals surface area contributed by atoms with Crippen molar-refractivity contribution in [3.63, 3.8) is 0 Å². The van der Waals surface area contributed by atoms with Crippen LogP contribution in [0.25, 0.3) is 0 Å². The maximum atomic E-state index is 12.3. The SMILES string of the molecule is C[C@@H]1CCCN(CCNC(=O)N2CCN(Cc3ccccn3)CC2)C1. The van der Waals surface area contributed by atoms with E-state index < -0.39 is 0 Å². The molecule has 0 unspecified atom stereocenters. The minimum Gasteiger partial charge on any atom is -0.337 e. The molecule has 0 aliphatic carbocycles. The summed E-state index contributed by atoms with van der Waals surface area (Å²) in [5, 5.41) is 3.09. The van der Waals surface area contributed by atoms with Crippen molar-refractivity contribution in [1.29, 1.82) is 0 Å². The summed E-state index contributed by atoms with van der Waals surface area (Å²) in [7, 11) is 0. The minimum absolute atomic E-state index is 0.0857. The molecule has 2 aliphatic rings. The molecular formula is C19H31N5O. The molecule has 6 heteroatoms. The van der Waals surface area contributed by atoms with Crippen LogP contribution in [0.5, 0.6) is 0 Å². The number of hydrogen-bond acceptors (Lipinski definition) is 4. The van der Waals surface area contributed by atoms with Crippen LogP contribution < -0.4 is 5.32 Å². The third-order valence-electron chi connectivity index (χ3n) is 5.22. The Morgan fingerprint density at radius 2 is 2.04 bits per heavy atom. The van der Waals surface area contributed by atoms with E-state index in [2.05, 4.69) is 33.1 Å².